The number of carbonyl (C=O) groups is 2. The van der Waals surface area contributed by atoms with Gasteiger partial charge in [0.2, 0.25) is 5.91 Å². The fourth-order valence-corrected chi connectivity index (χ4v) is 3.38. The molecule has 9 heteroatoms. The summed E-state index contributed by atoms with van der Waals surface area (Å²) in [4.78, 5) is 26.4. The van der Waals surface area contributed by atoms with Crippen molar-refractivity contribution in [2.45, 2.75) is 38.9 Å². The van der Waals surface area contributed by atoms with Crippen molar-refractivity contribution in [1.29, 1.82) is 0 Å². The molecule has 0 radical (unpaired) electrons. The summed E-state index contributed by atoms with van der Waals surface area (Å²) >= 11 is 5.88. The Morgan fingerprint density at radius 3 is 2.88 bits per heavy atom. The van der Waals surface area contributed by atoms with E-state index in [4.69, 9.17) is 11.6 Å². The van der Waals surface area contributed by atoms with Crippen LogP contribution in [0.2, 0.25) is 5.02 Å². The van der Waals surface area contributed by atoms with Gasteiger partial charge in [-0.05, 0) is 18.9 Å². The highest BCUT2D eigenvalue weighted by molar-refractivity contribution is 6.33. The number of nitrogens with one attached hydrogen (secondary N) is 2. The molecule has 0 spiro atoms. The number of fused-ring (bicyclic) bond motifs is 1. The molecule has 0 saturated heterocycles. The standard InChI is InChI=1S/C16H19ClN6O2/c17-13-8-19-20-14(13)15(24)18-7-11-6-12-9-22(4-5-23(12)21-11)16(25)10-2-1-3-10/h6,8,10H,1-5,7,9H2,(H,18,24)(H,19,20). The molecule has 1 aliphatic carbocycles. The van der Waals surface area contributed by atoms with Crippen LogP contribution in [0.25, 0.3) is 0 Å². The molecule has 3 heterocycles. The molecule has 2 aromatic rings. The van der Waals surface area contributed by atoms with Crippen molar-refractivity contribution < 1.29 is 9.59 Å². The molecule has 25 heavy (non-hydrogen) atoms. The van der Waals surface area contributed by atoms with Crippen LogP contribution in [0.1, 0.15) is 41.1 Å². The van der Waals surface area contributed by atoms with Gasteiger partial charge in [0.1, 0.15) is 5.69 Å². The third-order valence-electron chi connectivity index (χ3n) is 4.86. The van der Waals surface area contributed by atoms with Gasteiger partial charge in [-0.25, -0.2) is 0 Å². The second-order valence-electron chi connectivity index (χ2n) is 6.51. The summed E-state index contributed by atoms with van der Waals surface area (Å²) in [7, 11) is 0. The molecule has 4 rings (SSSR count). The Labute approximate surface area is 149 Å². The van der Waals surface area contributed by atoms with Crippen LogP contribution < -0.4 is 5.32 Å². The lowest BCUT2D eigenvalue weighted by atomic mass is 9.84. The molecule has 8 nitrogen and oxygen atoms in total. The second kappa shape index (κ2) is 6.51. The number of carbonyl (C=O) groups excluding carboxylic acids is 2. The van der Waals surface area contributed by atoms with Gasteiger partial charge in [0.25, 0.3) is 5.91 Å². The van der Waals surface area contributed by atoms with E-state index in [1.54, 1.807) is 0 Å². The minimum absolute atomic E-state index is 0.215. The molecule has 0 unspecified atom stereocenters. The largest absolute Gasteiger partial charge is 0.345 e. The van der Waals surface area contributed by atoms with Gasteiger partial charge in [-0.2, -0.15) is 10.2 Å². The van der Waals surface area contributed by atoms with Crippen molar-refractivity contribution in [3.8, 4) is 0 Å². The zero-order chi connectivity index (χ0) is 17.4. The quantitative estimate of drug-likeness (QED) is 0.857. The maximum Gasteiger partial charge on any atom is 0.271 e. The number of amides is 2. The number of aromatic nitrogens is 4. The number of hydrogen-bond donors (Lipinski definition) is 2. The fourth-order valence-electron chi connectivity index (χ4n) is 3.20. The van der Waals surface area contributed by atoms with Crippen LogP contribution in [0.15, 0.2) is 12.3 Å². The summed E-state index contributed by atoms with van der Waals surface area (Å²) in [5.41, 5.74) is 2.00. The minimum atomic E-state index is -0.324. The van der Waals surface area contributed by atoms with Crippen molar-refractivity contribution in [2.24, 2.45) is 5.92 Å². The van der Waals surface area contributed by atoms with Gasteiger partial charge >= 0.3 is 0 Å². The van der Waals surface area contributed by atoms with E-state index in [1.807, 2.05) is 15.6 Å². The summed E-state index contributed by atoms with van der Waals surface area (Å²) in [6, 6.07) is 1.94. The molecule has 1 fully saturated rings. The Bertz CT molecular complexity index is 809. The Hall–Kier alpha value is -2.35. The lowest BCUT2D eigenvalue weighted by molar-refractivity contribution is -0.139. The number of halogens is 1. The number of H-pyrrole nitrogens is 1. The summed E-state index contributed by atoms with van der Waals surface area (Å²) in [5, 5.41) is 13.9. The topological polar surface area (TPSA) is 95.9 Å². The summed E-state index contributed by atoms with van der Waals surface area (Å²) < 4.78 is 1.91. The van der Waals surface area contributed by atoms with Crippen molar-refractivity contribution in [3.05, 3.63) is 34.4 Å². The zero-order valence-electron chi connectivity index (χ0n) is 13.7. The molecule has 0 aromatic carbocycles. The van der Waals surface area contributed by atoms with Crippen molar-refractivity contribution >= 4 is 23.4 Å². The van der Waals surface area contributed by atoms with E-state index >= 15 is 0 Å². The predicted octanol–water partition coefficient (Wildman–Crippen LogP) is 1.33. The molecular weight excluding hydrogens is 344 g/mol. The Morgan fingerprint density at radius 1 is 1.36 bits per heavy atom. The molecule has 2 N–H and O–H groups in total. The van der Waals surface area contributed by atoms with Gasteiger partial charge in [0.15, 0.2) is 0 Å². The van der Waals surface area contributed by atoms with Crippen LogP contribution in [0.4, 0.5) is 0 Å². The van der Waals surface area contributed by atoms with Crippen LogP contribution in [-0.4, -0.2) is 43.2 Å². The molecule has 2 amide bonds. The Morgan fingerprint density at radius 2 is 2.20 bits per heavy atom. The summed E-state index contributed by atoms with van der Waals surface area (Å²) in [5.74, 6) is 0.157. The number of hydrogen-bond acceptors (Lipinski definition) is 4. The van der Waals surface area contributed by atoms with E-state index in [1.165, 1.54) is 6.20 Å². The average molecular weight is 363 g/mol. The van der Waals surface area contributed by atoms with Crippen LogP contribution in [0, 0.1) is 5.92 Å². The molecule has 0 atom stereocenters. The minimum Gasteiger partial charge on any atom is -0.345 e. The third kappa shape index (κ3) is 3.13. The molecular formula is C16H19ClN6O2. The molecule has 2 aliphatic rings. The first-order chi connectivity index (χ1) is 12.1. The van der Waals surface area contributed by atoms with Gasteiger partial charge in [-0.15, -0.1) is 0 Å². The van der Waals surface area contributed by atoms with Gasteiger partial charge in [0, 0.05) is 12.5 Å². The first-order valence-electron chi connectivity index (χ1n) is 8.43. The first-order valence-corrected chi connectivity index (χ1v) is 8.81. The highest BCUT2D eigenvalue weighted by Crippen LogP contribution is 2.29. The van der Waals surface area contributed by atoms with E-state index < -0.39 is 0 Å². The van der Waals surface area contributed by atoms with Crippen LogP contribution in [0.5, 0.6) is 0 Å². The lowest BCUT2D eigenvalue weighted by Gasteiger charge is -2.34. The van der Waals surface area contributed by atoms with E-state index in [9.17, 15) is 9.59 Å². The Balaban J connectivity index is 1.38. The van der Waals surface area contributed by atoms with Crippen molar-refractivity contribution in [3.63, 3.8) is 0 Å². The average Bonchev–Trinajstić information content (AvgIpc) is 3.15. The Kier molecular flexibility index (Phi) is 4.20. The van der Waals surface area contributed by atoms with Gasteiger partial charge in [0.05, 0.1) is 42.2 Å². The van der Waals surface area contributed by atoms with E-state index in [-0.39, 0.29) is 28.4 Å². The van der Waals surface area contributed by atoms with Gasteiger partial charge in [-0.3, -0.25) is 19.4 Å². The summed E-state index contributed by atoms with van der Waals surface area (Å²) in [6.07, 6.45) is 4.58. The van der Waals surface area contributed by atoms with Crippen LogP contribution >= 0.6 is 11.6 Å². The van der Waals surface area contributed by atoms with E-state index in [0.29, 0.717) is 26.2 Å². The highest BCUT2D eigenvalue weighted by Gasteiger charge is 2.31. The van der Waals surface area contributed by atoms with Crippen molar-refractivity contribution in [1.82, 2.24) is 30.2 Å². The molecule has 2 aromatic heterocycles. The molecule has 1 saturated carbocycles. The van der Waals surface area contributed by atoms with Crippen molar-refractivity contribution in [2.75, 3.05) is 6.54 Å². The normalized spacial score (nSPS) is 17.1. The third-order valence-corrected chi connectivity index (χ3v) is 5.15. The monoisotopic (exact) mass is 362 g/mol. The fraction of sp³-hybridized carbons (Fsp3) is 0.500. The maximum absolute atomic E-state index is 12.4. The predicted molar refractivity (Wildman–Crippen MR) is 89.8 cm³/mol. The highest BCUT2D eigenvalue weighted by atomic mass is 35.5. The van der Waals surface area contributed by atoms with E-state index in [2.05, 4.69) is 20.6 Å². The molecule has 0 bridgehead atoms. The maximum atomic E-state index is 12.4. The SMILES string of the molecule is O=C(NCc1cc2n(n1)CCN(C(=O)C1CCC1)C2)c1[nH]ncc1Cl. The van der Waals surface area contributed by atoms with Crippen LogP contribution in [0.3, 0.4) is 0 Å². The van der Waals surface area contributed by atoms with E-state index in [0.717, 1.165) is 30.7 Å². The zero-order valence-corrected chi connectivity index (χ0v) is 14.4. The van der Waals surface area contributed by atoms with Gasteiger partial charge in [-0.1, -0.05) is 18.0 Å². The van der Waals surface area contributed by atoms with Crippen LogP contribution in [-0.2, 0) is 24.4 Å². The number of aromatic amines is 1. The number of nitrogens with zero attached hydrogens (tertiary/aromatic N) is 4. The molecule has 1 aliphatic heterocycles. The lowest BCUT2D eigenvalue weighted by Crippen LogP contribution is -2.43. The number of rotatable bonds is 4. The molecule has 132 valence electrons. The second-order valence-corrected chi connectivity index (χ2v) is 6.92. The smallest absolute Gasteiger partial charge is 0.271 e. The first kappa shape index (κ1) is 16.1. The van der Waals surface area contributed by atoms with Gasteiger partial charge < -0.3 is 10.2 Å². The summed E-state index contributed by atoms with van der Waals surface area (Å²) in [6.45, 7) is 2.26.